The minimum absolute atomic E-state index is 0.0187. The van der Waals surface area contributed by atoms with Gasteiger partial charge in [-0.25, -0.2) is 9.86 Å². The van der Waals surface area contributed by atoms with Crippen molar-refractivity contribution in [3.8, 4) is 0 Å². The van der Waals surface area contributed by atoms with Gasteiger partial charge in [0.15, 0.2) is 0 Å². The molecule has 1 amide bonds. The Morgan fingerprint density at radius 3 is 2.70 bits per heavy atom. The largest absolute Gasteiger partial charge is 0.490 e. The molecular weight excluding hydrogens is 425 g/mol. The van der Waals surface area contributed by atoms with Gasteiger partial charge in [0, 0.05) is 48.8 Å². The van der Waals surface area contributed by atoms with Crippen molar-refractivity contribution < 1.29 is 37.4 Å². The van der Waals surface area contributed by atoms with Gasteiger partial charge in [-0.15, -0.1) is 11.3 Å². The second kappa shape index (κ2) is 9.63. The van der Waals surface area contributed by atoms with Crippen molar-refractivity contribution in [2.24, 2.45) is 11.3 Å². The number of hydrogen-bond acceptors (Lipinski definition) is 6. The smallest absolute Gasteiger partial charge is 0.475 e. The second-order valence-electron chi connectivity index (χ2n) is 7.84. The molecule has 168 valence electrons. The number of carbonyl (C=O) groups excluding carboxylic acids is 1. The summed E-state index contributed by atoms with van der Waals surface area (Å²) in [6.07, 6.45) is -2.43. The van der Waals surface area contributed by atoms with Gasteiger partial charge in [-0.3, -0.25) is 14.5 Å². The van der Waals surface area contributed by atoms with Crippen molar-refractivity contribution in [2.75, 3.05) is 39.5 Å². The lowest BCUT2D eigenvalue weighted by Crippen LogP contribution is -2.41. The van der Waals surface area contributed by atoms with E-state index in [4.69, 9.17) is 19.5 Å². The van der Waals surface area contributed by atoms with E-state index in [0.29, 0.717) is 25.6 Å². The highest BCUT2D eigenvalue weighted by Gasteiger charge is 2.52. The fourth-order valence-electron chi connectivity index (χ4n) is 4.12. The van der Waals surface area contributed by atoms with Gasteiger partial charge in [0.1, 0.15) is 0 Å². The minimum Gasteiger partial charge on any atom is -0.475 e. The van der Waals surface area contributed by atoms with Gasteiger partial charge >= 0.3 is 12.1 Å². The van der Waals surface area contributed by atoms with Gasteiger partial charge in [0.25, 0.3) is 0 Å². The Balaban J connectivity index is 0.000000318. The SMILES string of the molecule is O=C(C[C@]12COC[C@H]1CN(Cc1cccs1)C2)N1CCCCO1.O=C(O)C(F)(F)F. The van der Waals surface area contributed by atoms with E-state index in [1.165, 1.54) is 4.88 Å². The van der Waals surface area contributed by atoms with E-state index in [-0.39, 0.29) is 11.3 Å². The molecule has 0 unspecified atom stereocenters. The van der Waals surface area contributed by atoms with Gasteiger partial charge < -0.3 is 9.84 Å². The van der Waals surface area contributed by atoms with Crippen molar-refractivity contribution in [1.29, 1.82) is 0 Å². The second-order valence-corrected chi connectivity index (χ2v) is 8.87. The van der Waals surface area contributed by atoms with Crippen molar-refractivity contribution in [1.82, 2.24) is 9.96 Å². The maximum absolute atomic E-state index is 12.6. The van der Waals surface area contributed by atoms with Crippen LogP contribution in [0.5, 0.6) is 0 Å². The predicted molar refractivity (Wildman–Crippen MR) is 102 cm³/mol. The number of carboxylic acids is 1. The molecule has 1 aromatic heterocycles. The van der Waals surface area contributed by atoms with E-state index in [0.717, 1.165) is 45.6 Å². The van der Waals surface area contributed by atoms with Crippen LogP contribution in [0.3, 0.4) is 0 Å². The van der Waals surface area contributed by atoms with Gasteiger partial charge in [0.05, 0.1) is 19.8 Å². The first-order valence-corrected chi connectivity index (χ1v) is 10.6. The number of halogens is 3. The van der Waals surface area contributed by atoms with Crippen LogP contribution in [0.4, 0.5) is 13.2 Å². The van der Waals surface area contributed by atoms with E-state index in [9.17, 15) is 18.0 Å². The van der Waals surface area contributed by atoms with Crippen LogP contribution < -0.4 is 0 Å². The first-order chi connectivity index (χ1) is 14.2. The lowest BCUT2D eigenvalue weighted by atomic mass is 9.78. The number of likely N-dealkylation sites (tertiary alicyclic amines) is 1. The molecule has 0 saturated carbocycles. The first kappa shape index (κ1) is 23.0. The summed E-state index contributed by atoms with van der Waals surface area (Å²) in [6, 6.07) is 4.29. The predicted octanol–water partition coefficient (Wildman–Crippen LogP) is 2.77. The number of amides is 1. The summed E-state index contributed by atoms with van der Waals surface area (Å²) in [6.45, 7) is 5.88. The van der Waals surface area contributed by atoms with E-state index >= 15 is 0 Å². The molecule has 3 aliphatic rings. The van der Waals surface area contributed by atoms with Crippen LogP contribution in [-0.2, 0) is 25.7 Å². The van der Waals surface area contributed by atoms with E-state index in [2.05, 4.69) is 22.4 Å². The van der Waals surface area contributed by atoms with Crippen LogP contribution >= 0.6 is 11.3 Å². The average molecular weight is 450 g/mol. The fourth-order valence-corrected chi connectivity index (χ4v) is 4.87. The van der Waals surface area contributed by atoms with Gasteiger partial charge in [-0.1, -0.05) is 6.07 Å². The zero-order chi connectivity index (χ0) is 21.8. The molecule has 7 nitrogen and oxygen atoms in total. The van der Waals surface area contributed by atoms with E-state index in [1.54, 1.807) is 16.4 Å². The van der Waals surface area contributed by atoms with E-state index < -0.39 is 12.1 Å². The van der Waals surface area contributed by atoms with Crippen LogP contribution in [0.2, 0.25) is 0 Å². The molecule has 4 heterocycles. The monoisotopic (exact) mass is 450 g/mol. The summed E-state index contributed by atoms with van der Waals surface area (Å²) in [5.41, 5.74) is -0.0187. The number of rotatable bonds is 4. The molecule has 11 heteroatoms. The topological polar surface area (TPSA) is 79.3 Å². The summed E-state index contributed by atoms with van der Waals surface area (Å²) in [5, 5.41) is 10.8. The number of nitrogens with zero attached hydrogens (tertiary/aromatic N) is 2. The van der Waals surface area contributed by atoms with Gasteiger partial charge in [-0.05, 0) is 24.3 Å². The summed E-state index contributed by atoms with van der Waals surface area (Å²) < 4.78 is 37.5. The number of fused-ring (bicyclic) bond motifs is 1. The van der Waals surface area contributed by atoms with E-state index in [1.807, 2.05) is 0 Å². The number of aliphatic carboxylic acids is 1. The zero-order valence-corrected chi connectivity index (χ0v) is 17.2. The molecule has 2 atom stereocenters. The standard InChI is InChI=1S/C17H24N2O3S.C2HF3O2/c20-16(19-5-1-2-6-22-19)8-17-12-18(9-14(17)11-21-13-17)10-15-4-3-7-23-15;3-2(4,5)1(6)7/h3-4,7,14H,1-2,5-6,8-13H2;(H,6,7)/t14-,17+;/m1./s1. The Hall–Kier alpha value is -1.69. The average Bonchev–Trinajstić information content (AvgIpc) is 3.39. The lowest BCUT2D eigenvalue weighted by molar-refractivity contribution is -0.199. The molecule has 0 bridgehead atoms. The quantitative estimate of drug-likeness (QED) is 0.760. The number of carbonyl (C=O) groups is 2. The third-order valence-electron chi connectivity index (χ3n) is 5.58. The summed E-state index contributed by atoms with van der Waals surface area (Å²) in [4.78, 5) is 31.0. The Kier molecular flexibility index (Phi) is 7.38. The highest BCUT2D eigenvalue weighted by atomic mass is 32.1. The first-order valence-electron chi connectivity index (χ1n) is 9.75. The fraction of sp³-hybridized carbons (Fsp3) is 0.684. The summed E-state index contributed by atoms with van der Waals surface area (Å²) in [5.74, 6) is -2.15. The van der Waals surface area contributed by atoms with Crippen molar-refractivity contribution in [2.45, 2.75) is 32.0 Å². The van der Waals surface area contributed by atoms with Crippen molar-refractivity contribution >= 4 is 23.2 Å². The molecule has 0 spiro atoms. The summed E-state index contributed by atoms with van der Waals surface area (Å²) in [7, 11) is 0. The Morgan fingerprint density at radius 2 is 2.10 bits per heavy atom. The Labute approximate surface area is 176 Å². The molecule has 3 aliphatic heterocycles. The van der Waals surface area contributed by atoms with Crippen LogP contribution in [-0.4, -0.2) is 72.6 Å². The van der Waals surface area contributed by atoms with Crippen LogP contribution in [0.1, 0.15) is 24.1 Å². The van der Waals surface area contributed by atoms with Crippen LogP contribution in [0.15, 0.2) is 17.5 Å². The molecular formula is C19H25F3N2O5S. The molecule has 0 radical (unpaired) electrons. The van der Waals surface area contributed by atoms with Crippen LogP contribution in [0.25, 0.3) is 0 Å². The Bertz CT molecular complexity index is 724. The number of hydroxylamine groups is 2. The third kappa shape index (κ3) is 5.71. The minimum atomic E-state index is -5.08. The third-order valence-corrected chi connectivity index (χ3v) is 6.44. The number of carboxylic acid groups (broad SMARTS) is 1. The lowest BCUT2D eigenvalue weighted by Gasteiger charge is -2.31. The molecule has 1 N–H and O–H groups in total. The van der Waals surface area contributed by atoms with Gasteiger partial charge in [-0.2, -0.15) is 13.2 Å². The molecule has 3 fully saturated rings. The number of ether oxygens (including phenoxy) is 1. The normalized spacial score (nSPS) is 26.8. The number of hydrogen-bond donors (Lipinski definition) is 1. The van der Waals surface area contributed by atoms with Crippen LogP contribution in [0, 0.1) is 11.3 Å². The highest BCUT2D eigenvalue weighted by molar-refractivity contribution is 7.09. The zero-order valence-electron chi connectivity index (χ0n) is 16.4. The van der Waals surface area contributed by atoms with Crippen molar-refractivity contribution in [3.63, 3.8) is 0 Å². The van der Waals surface area contributed by atoms with Crippen molar-refractivity contribution in [3.05, 3.63) is 22.4 Å². The summed E-state index contributed by atoms with van der Waals surface area (Å²) >= 11 is 1.81. The molecule has 30 heavy (non-hydrogen) atoms. The number of alkyl halides is 3. The molecule has 1 aromatic rings. The highest BCUT2D eigenvalue weighted by Crippen LogP contribution is 2.45. The maximum Gasteiger partial charge on any atom is 0.490 e. The molecule has 0 aromatic carbocycles. The number of thiophene rings is 1. The Morgan fingerprint density at radius 1 is 1.33 bits per heavy atom. The molecule has 4 rings (SSSR count). The van der Waals surface area contributed by atoms with Gasteiger partial charge in [0.2, 0.25) is 5.91 Å². The maximum atomic E-state index is 12.6. The molecule has 0 aliphatic carbocycles. The molecule has 3 saturated heterocycles.